The number of hydrogen-bond donors (Lipinski definition) is 1. The van der Waals surface area contributed by atoms with Crippen LogP contribution in [0.4, 0.5) is 5.69 Å². The van der Waals surface area contributed by atoms with E-state index in [2.05, 4.69) is 46.9 Å². The smallest absolute Gasteiger partial charge is 0.201 e. The van der Waals surface area contributed by atoms with Crippen LogP contribution in [0.3, 0.4) is 0 Å². The van der Waals surface area contributed by atoms with Gasteiger partial charge in [0.2, 0.25) is 4.71 Å². The highest BCUT2D eigenvalue weighted by Gasteiger charge is 2.11. The van der Waals surface area contributed by atoms with Gasteiger partial charge in [0.1, 0.15) is 11.4 Å². The fraction of sp³-hybridized carbons (Fsp3) is 0.200. The van der Waals surface area contributed by atoms with Crippen LogP contribution in [0.15, 0.2) is 52.9 Å². The zero-order chi connectivity index (χ0) is 17.4. The Kier molecular flexibility index (Phi) is 4.01. The molecule has 5 heteroatoms. The lowest BCUT2D eigenvalue weighted by molar-refractivity contribution is 0.588. The SMILES string of the molecule is CCN(CC)c1ccc2cc(-c3nc4ccccc4[nH]3)c(=S)oc2c1. The number of rotatable bonds is 4. The summed E-state index contributed by atoms with van der Waals surface area (Å²) in [7, 11) is 0. The van der Waals surface area contributed by atoms with E-state index in [4.69, 9.17) is 16.6 Å². The molecule has 4 aromatic rings. The number of imidazole rings is 1. The Morgan fingerprint density at radius 1 is 1.08 bits per heavy atom. The van der Waals surface area contributed by atoms with E-state index in [0.717, 1.165) is 52.2 Å². The third-order valence-corrected chi connectivity index (χ3v) is 4.80. The van der Waals surface area contributed by atoms with Crippen molar-refractivity contribution in [2.75, 3.05) is 18.0 Å². The summed E-state index contributed by atoms with van der Waals surface area (Å²) in [4.78, 5) is 10.2. The maximum atomic E-state index is 5.95. The Labute approximate surface area is 151 Å². The van der Waals surface area contributed by atoms with Crippen LogP contribution < -0.4 is 4.90 Å². The number of benzene rings is 2. The third kappa shape index (κ3) is 2.81. The molecule has 0 amide bonds. The molecule has 0 saturated heterocycles. The fourth-order valence-corrected chi connectivity index (χ4v) is 3.38. The molecule has 2 aromatic carbocycles. The van der Waals surface area contributed by atoms with E-state index >= 15 is 0 Å². The Bertz CT molecular complexity index is 1080. The van der Waals surface area contributed by atoms with E-state index in [1.165, 1.54) is 0 Å². The second kappa shape index (κ2) is 6.33. The maximum Gasteiger partial charge on any atom is 0.201 e. The summed E-state index contributed by atoms with van der Waals surface area (Å²) in [6.45, 7) is 6.21. The molecule has 0 radical (unpaired) electrons. The fourth-order valence-electron chi connectivity index (χ4n) is 3.13. The summed E-state index contributed by atoms with van der Waals surface area (Å²) < 4.78 is 6.40. The van der Waals surface area contributed by atoms with E-state index in [0.29, 0.717) is 4.71 Å². The van der Waals surface area contributed by atoms with Gasteiger partial charge in [0.25, 0.3) is 0 Å². The van der Waals surface area contributed by atoms with Gasteiger partial charge in [-0.05, 0) is 56.4 Å². The lowest BCUT2D eigenvalue weighted by atomic mass is 10.1. The van der Waals surface area contributed by atoms with Gasteiger partial charge in [-0.2, -0.15) is 0 Å². The Morgan fingerprint density at radius 3 is 2.64 bits per heavy atom. The van der Waals surface area contributed by atoms with Crippen molar-refractivity contribution in [3.05, 3.63) is 53.2 Å². The van der Waals surface area contributed by atoms with Gasteiger partial charge in [-0.25, -0.2) is 4.98 Å². The summed E-state index contributed by atoms with van der Waals surface area (Å²) in [5.74, 6) is 0.740. The van der Waals surface area contributed by atoms with E-state index in [1.54, 1.807) is 0 Å². The number of para-hydroxylation sites is 2. The van der Waals surface area contributed by atoms with Crippen LogP contribution in [0.25, 0.3) is 33.4 Å². The van der Waals surface area contributed by atoms with E-state index in [9.17, 15) is 0 Å². The van der Waals surface area contributed by atoms with Crippen molar-refractivity contribution >= 4 is 39.9 Å². The lowest BCUT2D eigenvalue weighted by Gasteiger charge is -2.21. The van der Waals surface area contributed by atoms with Crippen molar-refractivity contribution in [3.8, 4) is 11.4 Å². The third-order valence-electron chi connectivity index (χ3n) is 4.49. The van der Waals surface area contributed by atoms with Crippen molar-refractivity contribution in [3.63, 3.8) is 0 Å². The van der Waals surface area contributed by atoms with Crippen molar-refractivity contribution in [2.24, 2.45) is 0 Å². The molecule has 0 aliphatic rings. The number of nitrogens with zero attached hydrogens (tertiary/aromatic N) is 2. The monoisotopic (exact) mass is 349 g/mol. The van der Waals surface area contributed by atoms with Gasteiger partial charge >= 0.3 is 0 Å². The number of anilines is 1. The molecule has 0 bridgehead atoms. The van der Waals surface area contributed by atoms with Crippen molar-refractivity contribution in [2.45, 2.75) is 13.8 Å². The minimum atomic E-state index is 0.447. The van der Waals surface area contributed by atoms with Gasteiger partial charge in [-0.3, -0.25) is 0 Å². The Balaban J connectivity index is 1.84. The molecular formula is C20H19N3OS. The molecule has 0 aliphatic heterocycles. The molecule has 25 heavy (non-hydrogen) atoms. The van der Waals surface area contributed by atoms with Crippen molar-refractivity contribution in [1.82, 2.24) is 9.97 Å². The molecule has 0 aliphatic carbocycles. The molecule has 0 atom stereocenters. The first-order chi connectivity index (χ1) is 12.2. The van der Waals surface area contributed by atoms with Crippen LogP contribution in [0.5, 0.6) is 0 Å². The highest BCUT2D eigenvalue weighted by molar-refractivity contribution is 7.71. The predicted octanol–water partition coefficient (Wildman–Crippen LogP) is 5.55. The molecule has 0 unspecified atom stereocenters. The largest absolute Gasteiger partial charge is 0.444 e. The van der Waals surface area contributed by atoms with Gasteiger partial charge in [-0.1, -0.05) is 12.1 Å². The minimum absolute atomic E-state index is 0.447. The minimum Gasteiger partial charge on any atom is -0.444 e. The van der Waals surface area contributed by atoms with E-state index in [-0.39, 0.29) is 0 Å². The first-order valence-electron chi connectivity index (χ1n) is 8.47. The molecule has 4 nitrogen and oxygen atoms in total. The Morgan fingerprint density at radius 2 is 1.88 bits per heavy atom. The van der Waals surface area contributed by atoms with E-state index < -0.39 is 0 Å². The molecule has 0 fully saturated rings. The molecule has 0 spiro atoms. The first kappa shape index (κ1) is 15.8. The lowest BCUT2D eigenvalue weighted by Crippen LogP contribution is -2.21. The van der Waals surface area contributed by atoms with Gasteiger partial charge in [0, 0.05) is 30.2 Å². The van der Waals surface area contributed by atoms with Crippen LogP contribution in [-0.2, 0) is 0 Å². The van der Waals surface area contributed by atoms with Gasteiger partial charge in [0.15, 0.2) is 0 Å². The number of fused-ring (bicyclic) bond motifs is 2. The summed E-state index contributed by atoms with van der Waals surface area (Å²) in [5.41, 5.74) is 4.67. The standard InChI is InChI=1S/C20H19N3OS/c1-3-23(4-2)14-10-9-13-11-15(20(25)24-18(13)12-14)19-21-16-7-5-6-8-17(16)22-19/h5-12H,3-4H2,1-2H3,(H,21,22). The number of aromatic amines is 1. The molecule has 4 rings (SSSR count). The van der Waals surface area contributed by atoms with E-state index in [1.807, 2.05) is 30.3 Å². The summed E-state index contributed by atoms with van der Waals surface area (Å²) >= 11 is 5.49. The Hall–Kier alpha value is -2.66. The number of aromatic nitrogens is 2. The van der Waals surface area contributed by atoms with Gasteiger partial charge in [-0.15, -0.1) is 0 Å². The first-order valence-corrected chi connectivity index (χ1v) is 8.88. The molecule has 126 valence electrons. The van der Waals surface area contributed by atoms with Crippen LogP contribution in [0.2, 0.25) is 0 Å². The summed E-state index contributed by atoms with van der Waals surface area (Å²) in [5, 5.41) is 1.01. The van der Waals surface area contributed by atoms with Gasteiger partial charge in [0.05, 0.1) is 16.6 Å². The highest BCUT2D eigenvalue weighted by Crippen LogP contribution is 2.28. The van der Waals surface area contributed by atoms with Crippen molar-refractivity contribution < 1.29 is 4.42 Å². The van der Waals surface area contributed by atoms with Gasteiger partial charge < -0.3 is 14.3 Å². The summed E-state index contributed by atoms with van der Waals surface area (Å²) in [6, 6.07) is 16.2. The highest BCUT2D eigenvalue weighted by atomic mass is 32.1. The zero-order valence-corrected chi connectivity index (χ0v) is 15.1. The topological polar surface area (TPSA) is 45.1 Å². The average molecular weight is 349 g/mol. The van der Waals surface area contributed by atoms with Crippen molar-refractivity contribution in [1.29, 1.82) is 0 Å². The number of hydrogen-bond acceptors (Lipinski definition) is 4. The second-order valence-electron chi connectivity index (χ2n) is 5.94. The molecular weight excluding hydrogens is 330 g/mol. The normalized spacial score (nSPS) is 11.3. The summed E-state index contributed by atoms with van der Waals surface area (Å²) in [6.07, 6.45) is 0. The quantitative estimate of drug-likeness (QED) is 0.491. The van der Waals surface area contributed by atoms with Crippen LogP contribution in [0.1, 0.15) is 13.8 Å². The van der Waals surface area contributed by atoms with Crippen LogP contribution in [0, 0.1) is 4.71 Å². The molecule has 2 heterocycles. The predicted molar refractivity (Wildman–Crippen MR) is 106 cm³/mol. The van der Waals surface area contributed by atoms with Crippen LogP contribution >= 0.6 is 12.2 Å². The average Bonchev–Trinajstić information content (AvgIpc) is 3.06. The number of nitrogens with one attached hydrogen (secondary N) is 1. The molecule has 0 saturated carbocycles. The molecule has 2 aromatic heterocycles. The number of H-pyrrole nitrogens is 1. The molecule has 1 N–H and O–H groups in total. The zero-order valence-electron chi connectivity index (χ0n) is 14.2. The van der Waals surface area contributed by atoms with Crippen LogP contribution in [-0.4, -0.2) is 23.1 Å². The maximum absolute atomic E-state index is 5.95. The second-order valence-corrected chi connectivity index (χ2v) is 6.32.